The van der Waals surface area contributed by atoms with Crippen molar-refractivity contribution in [3.05, 3.63) is 71.7 Å². The Labute approximate surface area is 173 Å². The molecule has 0 radical (unpaired) electrons. The van der Waals surface area contributed by atoms with E-state index in [9.17, 15) is 13.6 Å². The van der Waals surface area contributed by atoms with E-state index in [1.807, 2.05) is 12.1 Å². The number of aromatic nitrogens is 1. The fourth-order valence-corrected chi connectivity index (χ4v) is 3.16. The summed E-state index contributed by atoms with van der Waals surface area (Å²) < 4.78 is 25.8. The molecule has 2 aromatic rings. The molecule has 1 saturated heterocycles. The number of benzene rings is 1. The van der Waals surface area contributed by atoms with Crippen LogP contribution in [0.3, 0.4) is 0 Å². The Kier molecular flexibility index (Phi) is 6.68. The summed E-state index contributed by atoms with van der Waals surface area (Å²) in [5, 5.41) is 2.78. The number of alkyl halides is 2. The van der Waals surface area contributed by atoms with E-state index in [0.717, 1.165) is 22.3 Å². The maximum Gasteiger partial charge on any atom is 0.272 e. The molecule has 3 rings (SSSR count). The molecule has 0 atom stereocenters. The largest absolute Gasteiger partial charge is 0.404 e. The summed E-state index contributed by atoms with van der Waals surface area (Å²) >= 11 is 0. The van der Waals surface area contributed by atoms with Gasteiger partial charge >= 0.3 is 0 Å². The number of pyridine rings is 1. The fourth-order valence-electron chi connectivity index (χ4n) is 3.16. The highest BCUT2D eigenvalue weighted by Crippen LogP contribution is 2.28. The minimum Gasteiger partial charge on any atom is -0.404 e. The summed E-state index contributed by atoms with van der Waals surface area (Å²) in [6.07, 6.45) is 9.43. The van der Waals surface area contributed by atoms with Crippen molar-refractivity contribution in [2.45, 2.75) is 12.5 Å². The van der Waals surface area contributed by atoms with Crippen LogP contribution in [0.4, 0.5) is 14.5 Å². The third kappa shape index (κ3) is 5.57. The Bertz CT molecular complexity index is 975. The molecule has 1 amide bonds. The van der Waals surface area contributed by atoms with Crippen molar-refractivity contribution in [2.24, 2.45) is 10.7 Å². The Morgan fingerprint density at radius 1 is 1.30 bits per heavy atom. The topological polar surface area (TPSA) is 83.6 Å². The molecule has 6 nitrogen and oxygen atoms in total. The van der Waals surface area contributed by atoms with Gasteiger partial charge in [-0.15, -0.1) is 0 Å². The van der Waals surface area contributed by atoms with E-state index in [4.69, 9.17) is 5.73 Å². The van der Waals surface area contributed by atoms with Crippen molar-refractivity contribution in [1.29, 1.82) is 0 Å². The second-order valence-corrected chi connectivity index (χ2v) is 6.99. The molecule has 0 unspecified atom stereocenters. The predicted octanol–water partition coefficient (Wildman–Crippen LogP) is 3.18. The number of nitrogens with zero attached hydrogens (tertiary/aromatic N) is 3. The number of carbonyl (C=O) groups is 1. The van der Waals surface area contributed by atoms with Crippen LogP contribution < -0.4 is 11.1 Å². The number of hydrogen-bond acceptors (Lipinski definition) is 5. The summed E-state index contributed by atoms with van der Waals surface area (Å²) in [7, 11) is 1.65. The van der Waals surface area contributed by atoms with Gasteiger partial charge in [0, 0.05) is 61.3 Å². The van der Waals surface area contributed by atoms with Crippen molar-refractivity contribution in [2.75, 3.05) is 25.5 Å². The fraction of sp³-hybridized carbons (Fsp3) is 0.227. The summed E-state index contributed by atoms with van der Waals surface area (Å²) in [4.78, 5) is 22.0. The lowest BCUT2D eigenvalue weighted by molar-refractivity contribution is -0.133. The first-order chi connectivity index (χ1) is 14.4. The van der Waals surface area contributed by atoms with Gasteiger partial charge in [0.2, 0.25) is 5.91 Å². The standard InChI is InChI=1S/C22H23F2N5O/c1-26-11-18(10-25)20-8-9-27-12-17(20)4-7-21(30)28-19-5-2-16(3-6-19)13-29-14-22(23,24)15-29/h2-12H,13-15,25H2,1H3,(H,28,30)/b7-4+,18-10?,26-11?. The number of rotatable bonds is 7. The summed E-state index contributed by atoms with van der Waals surface area (Å²) in [6, 6.07) is 8.93. The molecule has 2 heterocycles. The van der Waals surface area contributed by atoms with Crippen LogP contribution in [0, 0.1) is 0 Å². The monoisotopic (exact) mass is 411 g/mol. The number of aliphatic imine (C=N–C) groups is 1. The van der Waals surface area contributed by atoms with Crippen molar-refractivity contribution >= 4 is 29.5 Å². The van der Waals surface area contributed by atoms with Crippen molar-refractivity contribution in [1.82, 2.24) is 9.88 Å². The van der Waals surface area contributed by atoms with Gasteiger partial charge in [-0.05, 0) is 35.4 Å². The maximum absolute atomic E-state index is 12.9. The van der Waals surface area contributed by atoms with E-state index in [-0.39, 0.29) is 19.0 Å². The van der Waals surface area contributed by atoms with Crippen LogP contribution in [-0.2, 0) is 11.3 Å². The van der Waals surface area contributed by atoms with Crippen molar-refractivity contribution in [3.8, 4) is 0 Å². The summed E-state index contributed by atoms with van der Waals surface area (Å²) in [5.74, 6) is -2.87. The Morgan fingerprint density at radius 3 is 2.67 bits per heavy atom. The number of allylic oxidation sites excluding steroid dienone is 1. The number of nitrogens with two attached hydrogens (primary N) is 1. The molecule has 8 heteroatoms. The number of carbonyl (C=O) groups excluding carboxylic acids is 1. The van der Waals surface area contributed by atoms with Crippen LogP contribution in [0.5, 0.6) is 0 Å². The van der Waals surface area contributed by atoms with Crippen LogP contribution in [-0.4, -0.2) is 48.1 Å². The van der Waals surface area contributed by atoms with Crippen LogP contribution >= 0.6 is 0 Å². The smallest absolute Gasteiger partial charge is 0.272 e. The summed E-state index contributed by atoms with van der Waals surface area (Å²) in [6.45, 7) is 0.0428. The van der Waals surface area contributed by atoms with E-state index in [1.165, 1.54) is 12.3 Å². The molecule has 0 spiro atoms. The van der Waals surface area contributed by atoms with Gasteiger partial charge in [0.25, 0.3) is 5.92 Å². The molecular formula is C22H23F2N5O. The van der Waals surface area contributed by atoms with Crippen molar-refractivity contribution in [3.63, 3.8) is 0 Å². The van der Waals surface area contributed by atoms with Gasteiger partial charge in [-0.2, -0.15) is 0 Å². The average Bonchev–Trinajstić information content (AvgIpc) is 2.71. The quantitative estimate of drug-likeness (QED) is 0.541. The van der Waals surface area contributed by atoms with Gasteiger partial charge in [-0.1, -0.05) is 12.1 Å². The lowest BCUT2D eigenvalue weighted by Gasteiger charge is -2.38. The lowest BCUT2D eigenvalue weighted by atomic mass is 10.0. The molecule has 0 saturated carbocycles. The zero-order valence-corrected chi connectivity index (χ0v) is 16.6. The van der Waals surface area contributed by atoms with Gasteiger partial charge in [0.1, 0.15) is 0 Å². The zero-order valence-electron chi connectivity index (χ0n) is 16.6. The van der Waals surface area contributed by atoms with Crippen LogP contribution in [0.25, 0.3) is 11.6 Å². The molecule has 1 aromatic carbocycles. The molecule has 1 fully saturated rings. The number of amides is 1. The predicted molar refractivity (Wildman–Crippen MR) is 115 cm³/mol. The minimum atomic E-state index is -2.57. The molecule has 30 heavy (non-hydrogen) atoms. The zero-order chi connectivity index (χ0) is 21.6. The molecule has 0 bridgehead atoms. The molecule has 0 aliphatic carbocycles. The Balaban J connectivity index is 1.60. The van der Waals surface area contributed by atoms with E-state index in [1.54, 1.807) is 54.8 Å². The molecule has 1 aliphatic rings. The molecular weight excluding hydrogens is 388 g/mol. The first-order valence-corrected chi connectivity index (χ1v) is 9.37. The third-order valence-electron chi connectivity index (χ3n) is 4.56. The molecule has 156 valence electrons. The van der Waals surface area contributed by atoms with Gasteiger partial charge < -0.3 is 11.1 Å². The van der Waals surface area contributed by atoms with Crippen LogP contribution in [0.15, 0.2) is 60.0 Å². The normalized spacial score (nSPS) is 16.7. The molecule has 3 N–H and O–H groups in total. The SMILES string of the molecule is CN=CC(=CN)c1ccncc1/C=C/C(=O)Nc1ccc(CN2CC(F)(F)C2)cc1. The van der Waals surface area contributed by atoms with Crippen LogP contribution in [0.1, 0.15) is 16.7 Å². The number of nitrogens with one attached hydrogen (secondary N) is 1. The lowest BCUT2D eigenvalue weighted by Crippen LogP contribution is -2.55. The van der Waals surface area contributed by atoms with E-state index in [2.05, 4.69) is 15.3 Å². The number of hydrogen-bond donors (Lipinski definition) is 2. The minimum absolute atomic E-state index is 0.211. The van der Waals surface area contributed by atoms with Gasteiger partial charge in [0.05, 0.1) is 13.1 Å². The summed E-state index contributed by atoms with van der Waals surface area (Å²) in [5.41, 5.74) is 9.46. The second kappa shape index (κ2) is 9.41. The first-order valence-electron chi connectivity index (χ1n) is 9.37. The number of anilines is 1. The average molecular weight is 411 g/mol. The van der Waals surface area contributed by atoms with E-state index >= 15 is 0 Å². The molecule has 1 aromatic heterocycles. The van der Waals surface area contributed by atoms with Gasteiger partial charge in [0.15, 0.2) is 0 Å². The van der Waals surface area contributed by atoms with E-state index < -0.39 is 5.92 Å². The number of likely N-dealkylation sites (tertiary alicyclic amines) is 1. The second-order valence-electron chi connectivity index (χ2n) is 6.99. The highest BCUT2D eigenvalue weighted by atomic mass is 19.3. The molecule has 1 aliphatic heterocycles. The maximum atomic E-state index is 12.9. The highest BCUT2D eigenvalue weighted by molar-refractivity contribution is 6.11. The van der Waals surface area contributed by atoms with Crippen molar-refractivity contribution < 1.29 is 13.6 Å². The van der Waals surface area contributed by atoms with E-state index in [0.29, 0.717) is 12.2 Å². The van der Waals surface area contributed by atoms with Gasteiger partial charge in [-0.3, -0.25) is 19.7 Å². The third-order valence-corrected chi connectivity index (χ3v) is 4.56. The first kappa shape index (κ1) is 21.3. The Morgan fingerprint density at radius 2 is 2.03 bits per heavy atom. The Hall–Kier alpha value is -3.39. The highest BCUT2D eigenvalue weighted by Gasteiger charge is 2.43. The van der Waals surface area contributed by atoms with Crippen LogP contribution in [0.2, 0.25) is 0 Å². The number of halogens is 2. The van der Waals surface area contributed by atoms with Gasteiger partial charge in [-0.25, -0.2) is 8.78 Å².